The highest BCUT2D eigenvalue weighted by molar-refractivity contribution is 6.44. The molecule has 0 saturated carbocycles. The summed E-state index contributed by atoms with van der Waals surface area (Å²) in [5.41, 5.74) is 1.84. The van der Waals surface area contributed by atoms with Crippen LogP contribution in [0.3, 0.4) is 0 Å². The maximum Gasteiger partial charge on any atom is 0.409 e. The van der Waals surface area contributed by atoms with Crippen LogP contribution in [-0.2, 0) is 0 Å². The quantitative estimate of drug-likeness (QED) is 0.616. The van der Waals surface area contributed by atoms with Crippen molar-refractivity contribution in [2.45, 2.75) is 0 Å². The SMILES string of the molecule is CN(C)c1c(NC(=O)O)cnc2c(-c3cccc(Cl)c3Cl)c(F)ccc12. The molecule has 2 N–H and O–H groups in total. The maximum absolute atomic E-state index is 14.7. The normalized spacial score (nSPS) is 10.8. The van der Waals surface area contributed by atoms with Crippen LogP contribution in [0.4, 0.5) is 20.6 Å². The largest absolute Gasteiger partial charge is 0.465 e. The van der Waals surface area contributed by atoms with Gasteiger partial charge in [-0.05, 0) is 18.2 Å². The fourth-order valence-corrected chi connectivity index (χ4v) is 3.26. The number of anilines is 2. The van der Waals surface area contributed by atoms with E-state index in [0.717, 1.165) is 0 Å². The van der Waals surface area contributed by atoms with Gasteiger partial charge in [0, 0.05) is 30.6 Å². The monoisotopic (exact) mass is 393 g/mol. The fourth-order valence-electron chi connectivity index (χ4n) is 2.87. The Kier molecular flexibility index (Phi) is 4.89. The number of amides is 1. The summed E-state index contributed by atoms with van der Waals surface area (Å²) in [5.74, 6) is -0.502. The number of nitrogens with one attached hydrogen (secondary N) is 1. The lowest BCUT2D eigenvalue weighted by atomic mass is 9.99. The highest BCUT2D eigenvalue weighted by atomic mass is 35.5. The van der Waals surface area contributed by atoms with Crippen molar-refractivity contribution in [1.29, 1.82) is 0 Å². The van der Waals surface area contributed by atoms with Crippen molar-refractivity contribution in [3.05, 3.63) is 52.4 Å². The van der Waals surface area contributed by atoms with Crippen molar-refractivity contribution in [3.63, 3.8) is 0 Å². The van der Waals surface area contributed by atoms with Gasteiger partial charge >= 0.3 is 6.09 Å². The summed E-state index contributed by atoms with van der Waals surface area (Å²) in [4.78, 5) is 17.1. The maximum atomic E-state index is 14.7. The first-order chi connectivity index (χ1) is 12.3. The Morgan fingerprint density at radius 1 is 1.23 bits per heavy atom. The highest BCUT2D eigenvalue weighted by Gasteiger charge is 2.20. The van der Waals surface area contributed by atoms with Crippen LogP contribution < -0.4 is 10.2 Å². The van der Waals surface area contributed by atoms with E-state index in [2.05, 4.69) is 10.3 Å². The number of rotatable bonds is 3. The van der Waals surface area contributed by atoms with Crippen LogP contribution in [0.5, 0.6) is 0 Å². The van der Waals surface area contributed by atoms with E-state index in [4.69, 9.17) is 28.3 Å². The standard InChI is InChI=1S/C18H14Cl2FN3O2/c1-24(2)17-10-6-7-12(21)14(9-4-3-5-11(19)15(9)20)16(10)22-8-13(17)23-18(25)26/h3-8,23H,1-2H3,(H,25,26). The molecule has 1 heterocycles. The number of benzene rings is 2. The molecule has 0 aliphatic heterocycles. The zero-order valence-electron chi connectivity index (χ0n) is 13.8. The number of carboxylic acid groups (broad SMARTS) is 1. The molecule has 3 rings (SSSR count). The van der Waals surface area contributed by atoms with Crippen molar-refractivity contribution in [1.82, 2.24) is 4.98 Å². The summed E-state index contributed by atoms with van der Waals surface area (Å²) in [7, 11) is 3.52. The third-order valence-electron chi connectivity index (χ3n) is 3.87. The van der Waals surface area contributed by atoms with Crippen LogP contribution in [-0.4, -0.2) is 30.3 Å². The Morgan fingerprint density at radius 3 is 2.62 bits per heavy atom. The Labute approximate surface area is 159 Å². The molecule has 1 amide bonds. The van der Waals surface area contributed by atoms with Crippen molar-refractivity contribution in [3.8, 4) is 11.1 Å². The summed E-state index contributed by atoms with van der Waals surface area (Å²) in [5, 5.41) is 12.5. The number of fused-ring (bicyclic) bond motifs is 1. The molecule has 0 aliphatic rings. The van der Waals surface area contributed by atoms with Gasteiger partial charge in [-0.25, -0.2) is 9.18 Å². The first-order valence-electron chi connectivity index (χ1n) is 7.54. The summed E-state index contributed by atoms with van der Waals surface area (Å²) in [6, 6.07) is 7.81. The molecule has 1 aromatic heterocycles. The van der Waals surface area contributed by atoms with Crippen LogP contribution in [0, 0.1) is 5.82 Å². The lowest BCUT2D eigenvalue weighted by molar-refractivity contribution is 0.210. The Hall–Kier alpha value is -2.57. The van der Waals surface area contributed by atoms with Gasteiger partial charge in [-0.1, -0.05) is 35.3 Å². The minimum Gasteiger partial charge on any atom is -0.465 e. The predicted molar refractivity (Wildman–Crippen MR) is 103 cm³/mol. The molecule has 8 heteroatoms. The molecule has 5 nitrogen and oxygen atoms in total. The average Bonchev–Trinajstić information content (AvgIpc) is 2.57. The first kappa shape index (κ1) is 18.2. The molecule has 0 spiro atoms. The minimum absolute atomic E-state index is 0.208. The number of pyridine rings is 1. The third kappa shape index (κ3) is 3.13. The topological polar surface area (TPSA) is 65.5 Å². The van der Waals surface area contributed by atoms with Gasteiger partial charge in [0.05, 0.1) is 33.1 Å². The first-order valence-corrected chi connectivity index (χ1v) is 8.29. The van der Waals surface area contributed by atoms with Gasteiger partial charge in [0.1, 0.15) is 5.82 Å². The predicted octanol–water partition coefficient (Wildman–Crippen LogP) is 5.50. The lowest BCUT2D eigenvalue weighted by Gasteiger charge is -2.20. The van der Waals surface area contributed by atoms with E-state index in [1.54, 1.807) is 43.3 Å². The fraction of sp³-hybridized carbons (Fsp3) is 0.111. The van der Waals surface area contributed by atoms with Gasteiger partial charge < -0.3 is 10.0 Å². The molecular formula is C18H14Cl2FN3O2. The minimum atomic E-state index is -1.21. The van der Waals surface area contributed by atoms with Gasteiger partial charge in [0.2, 0.25) is 0 Å². The molecule has 0 aliphatic carbocycles. The zero-order valence-corrected chi connectivity index (χ0v) is 15.4. The van der Waals surface area contributed by atoms with Crippen LogP contribution in [0.25, 0.3) is 22.0 Å². The smallest absolute Gasteiger partial charge is 0.409 e. The molecule has 134 valence electrons. The number of carbonyl (C=O) groups is 1. The van der Waals surface area contributed by atoms with Crippen molar-refractivity contribution in [2.24, 2.45) is 0 Å². The molecule has 0 radical (unpaired) electrons. The molecule has 2 aromatic carbocycles. The molecule has 0 saturated heterocycles. The van der Waals surface area contributed by atoms with Gasteiger partial charge in [-0.3, -0.25) is 10.3 Å². The van der Waals surface area contributed by atoms with E-state index >= 15 is 0 Å². The Balaban J connectivity index is 2.39. The van der Waals surface area contributed by atoms with Gasteiger partial charge in [0.25, 0.3) is 0 Å². The molecule has 26 heavy (non-hydrogen) atoms. The summed E-state index contributed by atoms with van der Waals surface area (Å²) in [6.07, 6.45) is 0.141. The van der Waals surface area contributed by atoms with E-state index in [1.165, 1.54) is 12.3 Å². The van der Waals surface area contributed by atoms with E-state index in [-0.39, 0.29) is 10.6 Å². The summed E-state index contributed by atoms with van der Waals surface area (Å²) < 4.78 is 14.7. The summed E-state index contributed by atoms with van der Waals surface area (Å²) in [6.45, 7) is 0. The molecule has 0 atom stereocenters. The average molecular weight is 394 g/mol. The van der Waals surface area contributed by atoms with E-state index in [9.17, 15) is 9.18 Å². The Morgan fingerprint density at radius 2 is 1.96 bits per heavy atom. The highest BCUT2D eigenvalue weighted by Crippen LogP contribution is 2.41. The molecule has 0 bridgehead atoms. The Bertz CT molecular complexity index is 1020. The molecule has 3 aromatic rings. The number of nitrogens with zero attached hydrogens (tertiary/aromatic N) is 2. The second kappa shape index (κ2) is 6.97. The van der Waals surface area contributed by atoms with Crippen molar-refractivity contribution in [2.75, 3.05) is 24.3 Å². The zero-order chi connectivity index (χ0) is 19.0. The van der Waals surface area contributed by atoms with Crippen molar-refractivity contribution < 1.29 is 14.3 Å². The molecule has 0 unspecified atom stereocenters. The van der Waals surface area contributed by atoms with Crippen LogP contribution in [0.15, 0.2) is 36.5 Å². The van der Waals surface area contributed by atoms with E-state index < -0.39 is 11.9 Å². The van der Waals surface area contributed by atoms with Crippen LogP contribution >= 0.6 is 23.2 Å². The van der Waals surface area contributed by atoms with Gasteiger partial charge in [-0.15, -0.1) is 0 Å². The second-order valence-corrected chi connectivity index (χ2v) is 6.55. The molecular weight excluding hydrogens is 380 g/mol. The third-order valence-corrected chi connectivity index (χ3v) is 4.69. The second-order valence-electron chi connectivity index (χ2n) is 5.76. The van der Waals surface area contributed by atoms with Crippen LogP contribution in [0.2, 0.25) is 10.0 Å². The number of aromatic nitrogens is 1. The lowest BCUT2D eigenvalue weighted by Crippen LogP contribution is -2.16. The number of hydrogen-bond acceptors (Lipinski definition) is 3. The number of halogens is 3. The summed E-state index contributed by atoms with van der Waals surface area (Å²) >= 11 is 12.3. The van der Waals surface area contributed by atoms with Gasteiger partial charge in [0.15, 0.2) is 0 Å². The van der Waals surface area contributed by atoms with Crippen molar-refractivity contribution >= 4 is 51.6 Å². The van der Waals surface area contributed by atoms with E-state index in [1.807, 2.05) is 0 Å². The van der Waals surface area contributed by atoms with Crippen LogP contribution in [0.1, 0.15) is 0 Å². The molecule has 0 fully saturated rings. The van der Waals surface area contributed by atoms with E-state index in [0.29, 0.717) is 32.9 Å². The number of hydrogen-bond donors (Lipinski definition) is 2. The van der Waals surface area contributed by atoms with Gasteiger partial charge in [-0.2, -0.15) is 0 Å².